The van der Waals surface area contributed by atoms with Gasteiger partial charge in [-0.15, -0.1) is 0 Å². The predicted molar refractivity (Wildman–Crippen MR) is 116 cm³/mol. The first-order valence-corrected chi connectivity index (χ1v) is 10.7. The van der Waals surface area contributed by atoms with Crippen LogP contribution in [0.4, 0.5) is 13.2 Å². The number of halogens is 3. The third-order valence-corrected chi connectivity index (χ3v) is 6.48. The number of amides is 1. The van der Waals surface area contributed by atoms with Gasteiger partial charge in [0.2, 0.25) is 5.91 Å². The molecule has 32 heavy (non-hydrogen) atoms. The fraction of sp³-hybridized carbons (Fsp3) is 0.500. The summed E-state index contributed by atoms with van der Waals surface area (Å²) >= 11 is 0. The highest BCUT2D eigenvalue weighted by Crippen LogP contribution is 2.56. The predicted octanol–water partition coefficient (Wildman–Crippen LogP) is 4.37. The third-order valence-electron chi connectivity index (χ3n) is 6.48. The SMILES string of the molecule is CN(C)[C@H](CNC(=O)C[C@@H](c1cccnc1)C1(C)CC1)Cc1ccc(O)cc1C(F)(F)F. The highest BCUT2D eigenvalue weighted by molar-refractivity contribution is 5.77. The van der Waals surface area contributed by atoms with Gasteiger partial charge in [-0.05, 0) is 74.0 Å². The first-order chi connectivity index (χ1) is 15.0. The second kappa shape index (κ2) is 9.48. The molecule has 3 rings (SSSR count). The number of nitrogens with one attached hydrogen (secondary N) is 1. The minimum Gasteiger partial charge on any atom is -0.508 e. The van der Waals surface area contributed by atoms with E-state index in [2.05, 4.69) is 17.2 Å². The molecule has 0 unspecified atom stereocenters. The molecule has 1 amide bonds. The third kappa shape index (κ3) is 6.00. The minimum absolute atomic E-state index is 0.0583. The highest BCUT2D eigenvalue weighted by Gasteiger charge is 2.46. The van der Waals surface area contributed by atoms with Gasteiger partial charge in [0, 0.05) is 31.4 Å². The number of alkyl halides is 3. The van der Waals surface area contributed by atoms with Gasteiger partial charge in [-0.2, -0.15) is 13.2 Å². The Kier molecular flexibility index (Phi) is 7.12. The number of aromatic nitrogens is 1. The van der Waals surface area contributed by atoms with Crippen LogP contribution in [-0.2, 0) is 17.4 Å². The second-order valence-electron chi connectivity index (χ2n) is 9.16. The van der Waals surface area contributed by atoms with Crippen molar-refractivity contribution in [2.75, 3.05) is 20.6 Å². The Bertz CT molecular complexity index is 928. The zero-order valence-electron chi connectivity index (χ0n) is 18.6. The summed E-state index contributed by atoms with van der Waals surface area (Å²) in [7, 11) is 3.54. The molecular formula is C24H30F3N3O2. The highest BCUT2D eigenvalue weighted by atomic mass is 19.4. The van der Waals surface area contributed by atoms with E-state index >= 15 is 0 Å². The van der Waals surface area contributed by atoms with Gasteiger partial charge in [0.05, 0.1) is 5.56 Å². The van der Waals surface area contributed by atoms with Crippen LogP contribution in [0.25, 0.3) is 0 Å². The summed E-state index contributed by atoms with van der Waals surface area (Å²) in [6, 6.07) is 6.81. The number of hydrogen-bond donors (Lipinski definition) is 2. The number of phenolic OH excluding ortho intramolecular Hbond substituents is 1. The molecule has 1 aliphatic carbocycles. The maximum absolute atomic E-state index is 13.4. The molecule has 2 N–H and O–H groups in total. The van der Waals surface area contributed by atoms with E-state index in [0.29, 0.717) is 6.42 Å². The standard InChI is InChI=1S/C24H30F3N3O2/c1-23(8-9-23)20(17-5-4-10-28-14-17)13-22(32)29-15-18(30(2)3)11-16-6-7-19(31)12-21(16)24(25,26)27/h4-7,10,12,14,18,20,31H,8-9,11,13,15H2,1-3H3,(H,29,32)/t18-,20-/m0/s1. The fourth-order valence-corrected chi connectivity index (χ4v) is 4.08. The van der Waals surface area contributed by atoms with Crippen molar-refractivity contribution in [3.63, 3.8) is 0 Å². The Balaban J connectivity index is 1.67. The number of rotatable bonds is 9. The molecule has 1 aliphatic rings. The zero-order valence-corrected chi connectivity index (χ0v) is 18.6. The van der Waals surface area contributed by atoms with Crippen LogP contribution in [0.3, 0.4) is 0 Å². The molecule has 5 nitrogen and oxygen atoms in total. The number of aromatic hydroxyl groups is 1. The van der Waals surface area contributed by atoms with Crippen LogP contribution in [-0.4, -0.2) is 47.6 Å². The van der Waals surface area contributed by atoms with E-state index < -0.39 is 17.5 Å². The van der Waals surface area contributed by atoms with E-state index in [-0.39, 0.29) is 41.8 Å². The summed E-state index contributed by atoms with van der Waals surface area (Å²) < 4.78 is 40.3. The molecule has 0 radical (unpaired) electrons. The van der Waals surface area contributed by atoms with E-state index in [4.69, 9.17) is 0 Å². The van der Waals surface area contributed by atoms with Crippen LogP contribution in [0.1, 0.15) is 48.8 Å². The van der Waals surface area contributed by atoms with Crippen molar-refractivity contribution in [1.29, 1.82) is 0 Å². The fourth-order valence-electron chi connectivity index (χ4n) is 4.08. The second-order valence-corrected chi connectivity index (χ2v) is 9.16. The molecule has 2 aromatic rings. The summed E-state index contributed by atoms with van der Waals surface area (Å²) in [6.45, 7) is 2.39. The largest absolute Gasteiger partial charge is 0.508 e. The average Bonchev–Trinajstić information content (AvgIpc) is 3.48. The van der Waals surface area contributed by atoms with E-state index in [1.807, 2.05) is 12.1 Å². The van der Waals surface area contributed by atoms with Gasteiger partial charge in [0.15, 0.2) is 0 Å². The number of carbonyl (C=O) groups excluding carboxylic acids is 1. The molecule has 1 aromatic heterocycles. The smallest absolute Gasteiger partial charge is 0.416 e. The van der Waals surface area contributed by atoms with E-state index in [0.717, 1.165) is 24.5 Å². The number of likely N-dealkylation sites (N-methyl/N-ethyl adjacent to an activating group) is 1. The molecule has 1 aromatic carbocycles. The number of pyridine rings is 1. The lowest BCUT2D eigenvalue weighted by atomic mass is 9.82. The van der Waals surface area contributed by atoms with Crippen molar-refractivity contribution in [3.05, 3.63) is 59.4 Å². The van der Waals surface area contributed by atoms with Gasteiger partial charge in [-0.25, -0.2) is 0 Å². The topological polar surface area (TPSA) is 65.5 Å². The van der Waals surface area contributed by atoms with Crippen LogP contribution in [0.5, 0.6) is 5.75 Å². The normalized spacial score (nSPS) is 17.1. The molecule has 1 heterocycles. The monoisotopic (exact) mass is 449 g/mol. The van der Waals surface area contributed by atoms with Crippen LogP contribution in [0.15, 0.2) is 42.7 Å². The zero-order chi connectivity index (χ0) is 23.5. The van der Waals surface area contributed by atoms with Crippen LogP contribution < -0.4 is 5.32 Å². The molecule has 8 heteroatoms. The lowest BCUT2D eigenvalue weighted by Gasteiger charge is -2.27. The molecule has 0 saturated heterocycles. The Morgan fingerprint density at radius 1 is 1.28 bits per heavy atom. The number of phenols is 1. The Labute approximate surface area is 186 Å². The van der Waals surface area contributed by atoms with Gasteiger partial charge in [-0.3, -0.25) is 9.78 Å². The van der Waals surface area contributed by atoms with E-state index in [1.54, 1.807) is 31.4 Å². The lowest BCUT2D eigenvalue weighted by Crippen LogP contribution is -2.42. The maximum atomic E-state index is 13.4. The number of benzene rings is 1. The summed E-state index contributed by atoms with van der Waals surface area (Å²) in [5.41, 5.74) is 0.344. The van der Waals surface area contributed by atoms with Crippen molar-refractivity contribution in [3.8, 4) is 5.75 Å². The van der Waals surface area contributed by atoms with E-state index in [9.17, 15) is 23.1 Å². The van der Waals surface area contributed by atoms with Gasteiger partial charge >= 0.3 is 6.18 Å². The number of hydrogen-bond acceptors (Lipinski definition) is 4. The molecule has 174 valence electrons. The van der Waals surface area contributed by atoms with Gasteiger partial charge in [-0.1, -0.05) is 19.1 Å². The van der Waals surface area contributed by atoms with Gasteiger partial charge < -0.3 is 15.3 Å². The quantitative estimate of drug-likeness (QED) is 0.597. The first-order valence-electron chi connectivity index (χ1n) is 10.7. The van der Waals surface area contributed by atoms with Crippen molar-refractivity contribution >= 4 is 5.91 Å². The summed E-state index contributed by atoms with van der Waals surface area (Å²) in [4.78, 5) is 18.8. The summed E-state index contributed by atoms with van der Waals surface area (Å²) in [5, 5.41) is 12.4. The molecule has 1 saturated carbocycles. The van der Waals surface area contributed by atoms with E-state index in [1.165, 1.54) is 12.1 Å². The molecular weight excluding hydrogens is 419 g/mol. The summed E-state index contributed by atoms with van der Waals surface area (Å²) in [5.74, 6) is -0.491. The number of carbonyl (C=O) groups is 1. The molecule has 1 fully saturated rings. The molecule has 0 aliphatic heterocycles. The van der Waals surface area contributed by atoms with Crippen molar-refractivity contribution in [2.24, 2.45) is 5.41 Å². The van der Waals surface area contributed by atoms with Gasteiger partial charge in [0.1, 0.15) is 5.75 Å². The molecule has 0 bridgehead atoms. The molecule has 2 atom stereocenters. The minimum atomic E-state index is -4.56. The van der Waals surface area contributed by atoms with Crippen molar-refractivity contribution < 1.29 is 23.1 Å². The Morgan fingerprint density at radius 3 is 2.56 bits per heavy atom. The Hall–Kier alpha value is -2.61. The van der Waals surface area contributed by atoms with Crippen LogP contribution in [0.2, 0.25) is 0 Å². The van der Waals surface area contributed by atoms with Crippen LogP contribution in [0, 0.1) is 5.41 Å². The molecule has 0 spiro atoms. The summed E-state index contributed by atoms with van der Waals surface area (Å²) in [6.07, 6.45) is 1.46. The van der Waals surface area contributed by atoms with Gasteiger partial charge in [0.25, 0.3) is 0 Å². The maximum Gasteiger partial charge on any atom is 0.416 e. The first kappa shape index (κ1) is 24.0. The van der Waals surface area contributed by atoms with Crippen LogP contribution >= 0.6 is 0 Å². The lowest BCUT2D eigenvalue weighted by molar-refractivity contribution is -0.138. The van der Waals surface area contributed by atoms with Crippen molar-refractivity contribution in [1.82, 2.24) is 15.2 Å². The Morgan fingerprint density at radius 2 is 2.00 bits per heavy atom. The van der Waals surface area contributed by atoms with Crippen molar-refractivity contribution in [2.45, 2.75) is 50.7 Å². The number of nitrogens with zero attached hydrogens (tertiary/aromatic N) is 2. The average molecular weight is 450 g/mol.